The van der Waals surface area contributed by atoms with E-state index in [1.54, 1.807) is 12.4 Å². The zero-order valence-corrected chi connectivity index (χ0v) is 7.78. The maximum absolute atomic E-state index is 9.24. The molecule has 1 heterocycles. The fraction of sp³-hybridized carbons (Fsp3) is 0.182. The first-order valence-corrected chi connectivity index (χ1v) is 4.28. The molecule has 1 aromatic heterocycles. The standard InChI is InChI=1S/C11H12NO/c1-8-5-9(2)11-7-12(13)4-3-10(11)6-8/h3-7,13H,1-2H3/q+1. The molecule has 1 aromatic carbocycles. The van der Waals surface area contributed by atoms with E-state index in [1.165, 1.54) is 16.5 Å². The number of aromatic nitrogens is 1. The highest BCUT2D eigenvalue weighted by atomic mass is 16.5. The summed E-state index contributed by atoms with van der Waals surface area (Å²) < 4.78 is 1.09. The quantitative estimate of drug-likeness (QED) is 0.479. The lowest BCUT2D eigenvalue weighted by molar-refractivity contribution is -0.904. The fourth-order valence-corrected chi connectivity index (χ4v) is 1.66. The smallest absolute Gasteiger partial charge is 0.230 e. The van der Waals surface area contributed by atoms with Crippen molar-refractivity contribution in [2.24, 2.45) is 0 Å². The molecule has 0 spiro atoms. The zero-order chi connectivity index (χ0) is 9.42. The summed E-state index contributed by atoms with van der Waals surface area (Å²) in [6, 6.07) is 6.14. The Balaban J connectivity index is 2.87. The van der Waals surface area contributed by atoms with Crippen molar-refractivity contribution in [3.63, 3.8) is 0 Å². The molecule has 0 unspecified atom stereocenters. The Morgan fingerprint density at radius 2 is 2.00 bits per heavy atom. The van der Waals surface area contributed by atoms with Gasteiger partial charge in [-0.15, -0.1) is 0 Å². The molecule has 0 saturated carbocycles. The minimum absolute atomic E-state index is 1.09. The van der Waals surface area contributed by atoms with Gasteiger partial charge in [-0.3, -0.25) is 5.21 Å². The molecular formula is C11H12NO+. The molecule has 0 radical (unpaired) electrons. The molecule has 0 amide bonds. The van der Waals surface area contributed by atoms with E-state index in [2.05, 4.69) is 26.0 Å². The lowest BCUT2D eigenvalue weighted by atomic mass is 10.0. The van der Waals surface area contributed by atoms with E-state index in [9.17, 15) is 5.21 Å². The second-order valence-corrected chi connectivity index (χ2v) is 3.41. The summed E-state index contributed by atoms with van der Waals surface area (Å²) in [6.07, 6.45) is 3.37. The van der Waals surface area contributed by atoms with Crippen LogP contribution in [-0.2, 0) is 0 Å². The summed E-state index contributed by atoms with van der Waals surface area (Å²) in [6.45, 7) is 4.13. The predicted molar refractivity (Wildman–Crippen MR) is 50.8 cm³/mol. The average Bonchev–Trinajstić information content (AvgIpc) is 2.06. The average molecular weight is 174 g/mol. The number of fused-ring (bicyclic) bond motifs is 1. The van der Waals surface area contributed by atoms with Gasteiger partial charge in [0, 0.05) is 10.8 Å². The van der Waals surface area contributed by atoms with Crippen molar-refractivity contribution in [3.05, 3.63) is 41.7 Å². The van der Waals surface area contributed by atoms with Crippen molar-refractivity contribution in [3.8, 4) is 0 Å². The predicted octanol–water partition coefficient (Wildman–Crippen LogP) is 1.98. The minimum Gasteiger partial charge on any atom is -0.285 e. The molecule has 0 saturated heterocycles. The Morgan fingerprint density at radius 1 is 1.23 bits per heavy atom. The maximum Gasteiger partial charge on any atom is 0.230 e. The van der Waals surface area contributed by atoms with Crippen LogP contribution in [0.4, 0.5) is 0 Å². The first-order valence-electron chi connectivity index (χ1n) is 4.28. The van der Waals surface area contributed by atoms with Crippen LogP contribution in [0.1, 0.15) is 11.1 Å². The lowest BCUT2D eigenvalue weighted by Crippen LogP contribution is -2.28. The van der Waals surface area contributed by atoms with Gasteiger partial charge >= 0.3 is 0 Å². The number of rotatable bonds is 0. The summed E-state index contributed by atoms with van der Waals surface area (Å²) in [7, 11) is 0. The molecule has 2 nitrogen and oxygen atoms in total. The fourth-order valence-electron chi connectivity index (χ4n) is 1.66. The summed E-state index contributed by atoms with van der Waals surface area (Å²) in [5.41, 5.74) is 2.44. The molecule has 1 N–H and O–H groups in total. The van der Waals surface area contributed by atoms with Crippen LogP contribution in [0, 0.1) is 13.8 Å². The van der Waals surface area contributed by atoms with Crippen LogP contribution < -0.4 is 4.73 Å². The van der Waals surface area contributed by atoms with Gasteiger partial charge < -0.3 is 0 Å². The van der Waals surface area contributed by atoms with Crippen molar-refractivity contribution in [2.75, 3.05) is 0 Å². The molecule has 0 bridgehead atoms. The summed E-state index contributed by atoms with van der Waals surface area (Å²) in [4.78, 5) is 0. The van der Waals surface area contributed by atoms with Crippen LogP contribution >= 0.6 is 0 Å². The minimum atomic E-state index is 1.09. The van der Waals surface area contributed by atoms with E-state index in [1.807, 2.05) is 6.07 Å². The first-order chi connectivity index (χ1) is 6.16. The maximum atomic E-state index is 9.24. The van der Waals surface area contributed by atoms with Crippen LogP contribution in [-0.4, -0.2) is 5.21 Å². The van der Waals surface area contributed by atoms with Crippen molar-refractivity contribution < 1.29 is 9.94 Å². The largest absolute Gasteiger partial charge is 0.285 e. The number of hydrogen-bond donors (Lipinski definition) is 1. The van der Waals surface area contributed by atoms with Crippen molar-refractivity contribution >= 4 is 10.8 Å². The van der Waals surface area contributed by atoms with Gasteiger partial charge in [-0.2, -0.15) is 0 Å². The Kier molecular flexibility index (Phi) is 1.69. The van der Waals surface area contributed by atoms with E-state index < -0.39 is 0 Å². The Bertz CT molecular complexity index is 463. The molecule has 0 fully saturated rings. The summed E-state index contributed by atoms with van der Waals surface area (Å²) in [5, 5.41) is 11.5. The van der Waals surface area contributed by atoms with Gasteiger partial charge in [0.25, 0.3) is 0 Å². The molecule has 0 aliphatic carbocycles. The van der Waals surface area contributed by atoms with Crippen LogP contribution in [0.15, 0.2) is 30.6 Å². The van der Waals surface area contributed by atoms with Crippen LogP contribution in [0.25, 0.3) is 10.8 Å². The van der Waals surface area contributed by atoms with Gasteiger partial charge in [-0.05, 0) is 24.8 Å². The molecule has 2 rings (SSSR count). The van der Waals surface area contributed by atoms with Crippen molar-refractivity contribution in [1.29, 1.82) is 0 Å². The molecule has 0 aliphatic rings. The Hall–Kier alpha value is -1.57. The lowest BCUT2D eigenvalue weighted by Gasteiger charge is -2.00. The Morgan fingerprint density at radius 3 is 2.77 bits per heavy atom. The second-order valence-electron chi connectivity index (χ2n) is 3.41. The highest BCUT2D eigenvalue weighted by Gasteiger charge is 2.03. The molecule has 2 heteroatoms. The van der Waals surface area contributed by atoms with Crippen molar-refractivity contribution in [2.45, 2.75) is 13.8 Å². The number of benzene rings is 1. The van der Waals surface area contributed by atoms with Gasteiger partial charge in [0.15, 0.2) is 0 Å². The molecule has 13 heavy (non-hydrogen) atoms. The second kappa shape index (κ2) is 2.73. The third kappa shape index (κ3) is 1.35. The van der Waals surface area contributed by atoms with Gasteiger partial charge in [0.1, 0.15) is 0 Å². The molecule has 66 valence electrons. The summed E-state index contributed by atoms with van der Waals surface area (Å²) in [5.74, 6) is 0. The molecule has 0 atom stereocenters. The monoisotopic (exact) mass is 174 g/mol. The number of aryl methyl sites for hydroxylation is 2. The van der Waals surface area contributed by atoms with Gasteiger partial charge in [-0.1, -0.05) is 17.7 Å². The third-order valence-electron chi connectivity index (χ3n) is 2.23. The summed E-state index contributed by atoms with van der Waals surface area (Å²) >= 11 is 0. The van der Waals surface area contributed by atoms with Gasteiger partial charge in [-0.25, -0.2) is 0 Å². The van der Waals surface area contributed by atoms with Gasteiger partial charge in [0.2, 0.25) is 12.4 Å². The zero-order valence-electron chi connectivity index (χ0n) is 7.78. The number of nitrogens with zero attached hydrogens (tertiary/aromatic N) is 1. The van der Waals surface area contributed by atoms with E-state index in [4.69, 9.17) is 0 Å². The third-order valence-corrected chi connectivity index (χ3v) is 2.23. The van der Waals surface area contributed by atoms with Crippen LogP contribution in [0.3, 0.4) is 0 Å². The van der Waals surface area contributed by atoms with Crippen LogP contribution in [0.5, 0.6) is 0 Å². The topological polar surface area (TPSA) is 24.1 Å². The highest BCUT2D eigenvalue weighted by molar-refractivity contribution is 5.84. The van der Waals surface area contributed by atoms with E-state index in [-0.39, 0.29) is 0 Å². The van der Waals surface area contributed by atoms with E-state index in [0.29, 0.717) is 0 Å². The molecule has 0 aliphatic heterocycles. The van der Waals surface area contributed by atoms with Crippen LogP contribution in [0.2, 0.25) is 0 Å². The molecular weight excluding hydrogens is 162 g/mol. The Labute approximate surface area is 77.0 Å². The SMILES string of the molecule is Cc1cc(C)c2c[n+](O)ccc2c1. The van der Waals surface area contributed by atoms with Gasteiger partial charge in [0.05, 0.1) is 5.39 Å². The number of hydrogen-bond acceptors (Lipinski definition) is 1. The normalized spacial score (nSPS) is 10.6. The van der Waals surface area contributed by atoms with Crippen molar-refractivity contribution in [1.82, 2.24) is 0 Å². The van der Waals surface area contributed by atoms with E-state index >= 15 is 0 Å². The van der Waals surface area contributed by atoms with E-state index in [0.717, 1.165) is 10.1 Å². The highest BCUT2D eigenvalue weighted by Crippen LogP contribution is 2.17. The first kappa shape index (κ1) is 8.05. The molecule has 2 aromatic rings. The number of pyridine rings is 1.